The summed E-state index contributed by atoms with van der Waals surface area (Å²) in [6.45, 7) is 10.1. The lowest BCUT2D eigenvalue weighted by Crippen LogP contribution is -2.48. The maximum atomic E-state index is 12.0. The third kappa shape index (κ3) is 4.57. The standard InChI is InChI=1S/C30H33N7OS/c1-6-20-11-23-9-10-27(37(23)32-14-20)26-12-25(33-18(2)3)24(15-31-26)28-34-35-29(39-28)36-16-21-7-8-22(17-36)30(21,5)13-19(4)38/h1,9-12,14-15,18,21-22H,7-8,13,16-17H2,2-5H3,(H,31,33). The fourth-order valence-corrected chi connectivity index (χ4v) is 7.39. The van der Waals surface area contributed by atoms with E-state index in [1.165, 1.54) is 12.8 Å². The second kappa shape index (κ2) is 9.76. The molecule has 39 heavy (non-hydrogen) atoms. The molecule has 0 radical (unpaired) electrons. The van der Waals surface area contributed by atoms with Crippen LogP contribution >= 0.6 is 11.3 Å². The molecule has 9 heteroatoms. The van der Waals surface area contributed by atoms with Crippen LogP contribution in [0.1, 0.15) is 52.5 Å². The molecule has 0 aromatic carbocycles. The molecule has 1 aliphatic heterocycles. The van der Waals surface area contributed by atoms with Crippen molar-refractivity contribution in [2.24, 2.45) is 17.3 Å². The van der Waals surface area contributed by atoms with Crippen LogP contribution in [0.25, 0.3) is 27.5 Å². The number of nitrogens with zero attached hydrogens (tertiary/aromatic N) is 6. The van der Waals surface area contributed by atoms with Gasteiger partial charge in [-0.15, -0.1) is 16.6 Å². The molecule has 2 fully saturated rings. The van der Waals surface area contributed by atoms with Gasteiger partial charge in [-0.25, -0.2) is 4.52 Å². The third-order valence-corrected chi connectivity index (χ3v) is 9.45. The number of fused-ring (bicyclic) bond motifs is 3. The number of piperidine rings is 1. The first kappa shape index (κ1) is 25.5. The van der Waals surface area contributed by atoms with Crippen LogP contribution in [0.2, 0.25) is 0 Å². The highest BCUT2D eigenvalue weighted by Gasteiger charge is 2.51. The van der Waals surface area contributed by atoms with Crippen LogP contribution in [0.15, 0.2) is 36.7 Å². The topological polar surface area (TPSA) is 88.3 Å². The van der Waals surface area contributed by atoms with Crippen LogP contribution in [0, 0.1) is 29.6 Å². The summed E-state index contributed by atoms with van der Waals surface area (Å²) in [6, 6.07) is 8.23. The summed E-state index contributed by atoms with van der Waals surface area (Å²) >= 11 is 1.61. The van der Waals surface area contributed by atoms with Crippen molar-refractivity contribution in [2.45, 2.75) is 53.0 Å². The highest BCUT2D eigenvalue weighted by molar-refractivity contribution is 7.18. The monoisotopic (exact) mass is 539 g/mol. The summed E-state index contributed by atoms with van der Waals surface area (Å²) in [7, 11) is 0. The molecular formula is C30H33N7OS. The van der Waals surface area contributed by atoms with Gasteiger partial charge in [0.05, 0.1) is 28.7 Å². The summed E-state index contributed by atoms with van der Waals surface area (Å²) < 4.78 is 1.86. The lowest BCUT2D eigenvalue weighted by atomic mass is 9.68. The molecule has 4 aromatic rings. The van der Waals surface area contributed by atoms with E-state index in [2.05, 4.69) is 58.3 Å². The second-order valence-corrected chi connectivity index (χ2v) is 12.5. The third-order valence-electron chi connectivity index (χ3n) is 8.43. The van der Waals surface area contributed by atoms with Gasteiger partial charge in [-0.1, -0.05) is 24.2 Å². The molecule has 1 aliphatic carbocycles. The number of nitrogens with one attached hydrogen (secondary N) is 1. The van der Waals surface area contributed by atoms with Crippen molar-refractivity contribution in [2.75, 3.05) is 23.3 Å². The fourth-order valence-electron chi connectivity index (χ4n) is 6.50. The Hall–Kier alpha value is -3.77. The minimum atomic E-state index is 0.101. The number of anilines is 2. The number of terminal acetylenes is 1. The lowest BCUT2D eigenvalue weighted by molar-refractivity contribution is -0.120. The number of rotatable bonds is 7. The van der Waals surface area contributed by atoms with Crippen LogP contribution in [-0.2, 0) is 4.79 Å². The van der Waals surface area contributed by atoms with Gasteiger partial charge in [-0.3, -0.25) is 4.98 Å². The number of hydrogen-bond donors (Lipinski definition) is 1. The molecule has 0 spiro atoms. The van der Waals surface area contributed by atoms with Gasteiger partial charge in [0, 0.05) is 43.0 Å². The molecule has 200 valence electrons. The van der Waals surface area contributed by atoms with E-state index in [-0.39, 0.29) is 11.5 Å². The molecule has 0 amide bonds. The summed E-state index contributed by atoms with van der Waals surface area (Å²) in [5.74, 6) is 3.95. The van der Waals surface area contributed by atoms with Crippen molar-refractivity contribution >= 4 is 33.5 Å². The van der Waals surface area contributed by atoms with Crippen LogP contribution in [-0.4, -0.2) is 49.7 Å². The molecule has 6 rings (SSSR count). The van der Waals surface area contributed by atoms with Crippen molar-refractivity contribution in [1.82, 2.24) is 24.8 Å². The molecule has 1 N–H and O–H groups in total. The zero-order valence-electron chi connectivity index (χ0n) is 22.8. The molecule has 4 aromatic heterocycles. The molecule has 2 aliphatic rings. The van der Waals surface area contributed by atoms with Gasteiger partial charge in [0.2, 0.25) is 5.13 Å². The number of carbonyl (C=O) groups excluding carboxylic acids is 1. The Kier molecular flexibility index (Phi) is 6.38. The summed E-state index contributed by atoms with van der Waals surface area (Å²) in [5, 5.41) is 19.1. The Morgan fingerprint density at radius 2 is 1.97 bits per heavy atom. The van der Waals surface area contributed by atoms with Gasteiger partial charge in [0.25, 0.3) is 0 Å². The van der Waals surface area contributed by atoms with Crippen molar-refractivity contribution in [1.29, 1.82) is 0 Å². The van der Waals surface area contributed by atoms with Crippen LogP contribution in [0.4, 0.5) is 10.8 Å². The molecule has 1 saturated heterocycles. The molecule has 1 saturated carbocycles. The van der Waals surface area contributed by atoms with Gasteiger partial charge >= 0.3 is 0 Å². The highest BCUT2D eigenvalue weighted by Crippen LogP contribution is 2.54. The fraction of sp³-hybridized carbons (Fsp3) is 0.433. The maximum Gasteiger partial charge on any atom is 0.208 e. The van der Waals surface area contributed by atoms with Crippen LogP contribution in [0.5, 0.6) is 0 Å². The largest absolute Gasteiger partial charge is 0.382 e. The SMILES string of the molecule is C#Cc1cnn2c(-c3cc(NC(C)C)c(-c4nnc(N5CC6CCC(C5)C6(C)CC(C)=O)s4)cn3)ccc2c1. The van der Waals surface area contributed by atoms with Crippen LogP contribution < -0.4 is 10.2 Å². The van der Waals surface area contributed by atoms with E-state index < -0.39 is 0 Å². The quantitative estimate of drug-likeness (QED) is 0.308. The first-order valence-corrected chi connectivity index (χ1v) is 14.4. The summed E-state index contributed by atoms with van der Waals surface area (Å²) in [6.07, 6.45) is 12.2. The number of hydrogen-bond acceptors (Lipinski definition) is 8. The second-order valence-electron chi connectivity index (χ2n) is 11.5. The molecule has 2 bridgehead atoms. The van der Waals surface area contributed by atoms with E-state index >= 15 is 0 Å². The normalized spacial score (nSPS) is 22.4. The Bertz CT molecular complexity index is 1580. The molecule has 8 nitrogen and oxygen atoms in total. The van der Waals surface area contributed by atoms with Gasteiger partial charge in [-0.05, 0) is 75.1 Å². The Morgan fingerprint density at radius 3 is 2.67 bits per heavy atom. The molecular weight excluding hydrogens is 506 g/mol. The predicted octanol–water partition coefficient (Wildman–Crippen LogP) is 5.55. The summed E-state index contributed by atoms with van der Waals surface area (Å²) in [4.78, 5) is 19.2. The van der Waals surface area contributed by atoms with E-state index in [9.17, 15) is 4.79 Å². The zero-order chi connectivity index (χ0) is 27.3. The molecule has 2 atom stereocenters. The van der Waals surface area contributed by atoms with Crippen molar-refractivity contribution < 1.29 is 4.79 Å². The first-order chi connectivity index (χ1) is 18.7. The number of Topliss-reactive ketones (excluding diaryl/α,β-unsaturated/α-hetero) is 1. The molecule has 2 unspecified atom stereocenters. The predicted molar refractivity (Wildman–Crippen MR) is 156 cm³/mol. The van der Waals surface area contributed by atoms with E-state index in [4.69, 9.17) is 11.4 Å². The van der Waals surface area contributed by atoms with Crippen molar-refractivity contribution in [3.8, 4) is 34.3 Å². The first-order valence-electron chi connectivity index (χ1n) is 13.5. The zero-order valence-corrected chi connectivity index (χ0v) is 23.6. The van der Waals surface area contributed by atoms with Gasteiger partial charge in [0.15, 0.2) is 5.01 Å². The van der Waals surface area contributed by atoms with Crippen LogP contribution in [0.3, 0.4) is 0 Å². The highest BCUT2D eigenvalue weighted by atomic mass is 32.1. The Morgan fingerprint density at radius 1 is 1.21 bits per heavy atom. The van der Waals surface area contributed by atoms with E-state index in [0.29, 0.717) is 24.0 Å². The number of pyridine rings is 1. The van der Waals surface area contributed by atoms with Crippen molar-refractivity contribution in [3.05, 3.63) is 42.2 Å². The Labute approximate surface area is 232 Å². The van der Waals surface area contributed by atoms with E-state index in [1.54, 1.807) is 24.5 Å². The van der Waals surface area contributed by atoms with Gasteiger partial charge in [0.1, 0.15) is 5.78 Å². The summed E-state index contributed by atoms with van der Waals surface area (Å²) in [5.41, 5.74) is 5.36. The van der Waals surface area contributed by atoms with E-state index in [1.807, 2.05) is 28.9 Å². The number of aromatic nitrogens is 5. The minimum Gasteiger partial charge on any atom is -0.382 e. The minimum absolute atomic E-state index is 0.101. The van der Waals surface area contributed by atoms with Gasteiger partial charge < -0.3 is 15.0 Å². The number of ketones is 1. The number of carbonyl (C=O) groups is 1. The van der Waals surface area contributed by atoms with Gasteiger partial charge in [-0.2, -0.15) is 5.10 Å². The maximum absolute atomic E-state index is 12.0. The molecule has 5 heterocycles. The van der Waals surface area contributed by atoms with E-state index in [0.717, 1.165) is 56.9 Å². The average Bonchev–Trinajstić information content (AvgIpc) is 3.57. The van der Waals surface area contributed by atoms with Crippen molar-refractivity contribution in [3.63, 3.8) is 0 Å². The Balaban J connectivity index is 1.30. The average molecular weight is 540 g/mol. The smallest absolute Gasteiger partial charge is 0.208 e. The lowest BCUT2D eigenvalue weighted by Gasteiger charge is -2.45.